The van der Waals surface area contributed by atoms with Crippen LogP contribution in [-0.4, -0.2) is 41.6 Å². The van der Waals surface area contributed by atoms with Gasteiger partial charge in [0.15, 0.2) is 0 Å². The van der Waals surface area contributed by atoms with E-state index < -0.39 is 0 Å². The lowest BCUT2D eigenvalue weighted by Gasteiger charge is -2.20. The van der Waals surface area contributed by atoms with Gasteiger partial charge in [0.25, 0.3) is 0 Å². The first kappa shape index (κ1) is 10.6. The summed E-state index contributed by atoms with van der Waals surface area (Å²) in [6, 6.07) is 0. The van der Waals surface area contributed by atoms with Crippen molar-refractivity contribution in [2.75, 3.05) is 31.6 Å². The van der Waals surface area contributed by atoms with Crippen LogP contribution in [0.15, 0.2) is 6.33 Å². The number of hydrogen-bond donors (Lipinski definition) is 1. The van der Waals surface area contributed by atoms with Crippen molar-refractivity contribution in [3.63, 3.8) is 0 Å². The summed E-state index contributed by atoms with van der Waals surface area (Å²) in [6.07, 6.45) is 2.65. The van der Waals surface area contributed by atoms with E-state index in [0.29, 0.717) is 11.9 Å². The number of hydrogen-bond acceptors (Lipinski definition) is 5. The molecule has 0 spiro atoms. The first-order chi connectivity index (χ1) is 7.25. The van der Waals surface area contributed by atoms with Crippen molar-refractivity contribution in [3.05, 3.63) is 11.6 Å². The second kappa shape index (κ2) is 4.72. The van der Waals surface area contributed by atoms with Crippen LogP contribution in [0, 0.1) is 5.92 Å². The highest BCUT2D eigenvalue weighted by atomic mass is 35.5. The van der Waals surface area contributed by atoms with Crippen LogP contribution in [0.2, 0.25) is 5.28 Å². The Morgan fingerprint density at radius 2 is 2.47 bits per heavy atom. The minimum absolute atomic E-state index is 0.247. The molecule has 0 bridgehead atoms. The van der Waals surface area contributed by atoms with Crippen LogP contribution in [0.25, 0.3) is 0 Å². The van der Waals surface area contributed by atoms with Crippen molar-refractivity contribution in [1.29, 1.82) is 0 Å². The molecular weight excluding hydrogens is 214 g/mol. The molecule has 0 saturated carbocycles. The third kappa shape index (κ3) is 2.76. The summed E-state index contributed by atoms with van der Waals surface area (Å²) in [4.78, 5) is 13.9. The van der Waals surface area contributed by atoms with E-state index >= 15 is 0 Å². The molecule has 0 aliphatic carbocycles. The molecule has 1 fully saturated rings. The van der Waals surface area contributed by atoms with Gasteiger partial charge in [0.2, 0.25) is 11.2 Å². The molecule has 1 aliphatic heterocycles. The molecule has 0 radical (unpaired) electrons. The minimum atomic E-state index is 0.247. The summed E-state index contributed by atoms with van der Waals surface area (Å²) < 4.78 is 0. The minimum Gasteiger partial charge on any atom is -0.343 e. The van der Waals surface area contributed by atoms with Gasteiger partial charge in [-0.3, -0.25) is 0 Å². The highest BCUT2D eigenvalue weighted by Gasteiger charge is 2.17. The normalized spacial score (nSPS) is 20.5. The predicted octanol–water partition coefficient (Wildman–Crippen LogP) is 0.571. The Morgan fingerprint density at radius 3 is 3.13 bits per heavy atom. The zero-order valence-electron chi connectivity index (χ0n) is 8.65. The summed E-state index contributed by atoms with van der Waals surface area (Å²) in [5, 5.41) is 3.58. The zero-order valence-corrected chi connectivity index (χ0v) is 9.41. The van der Waals surface area contributed by atoms with E-state index in [-0.39, 0.29) is 5.28 Å². The lowest BCUT2D eigenvalue weighted by atomic mass is 10.1. The quantitative estimate of drug-likeness (QED) is 0.819. The number of anilines is 1. The van der Waals surface area contributed by atoms with Crippen molar-refractivity contribution < 1.29 is 0 Å². The summed E-state index contributed by atoms with van der Waals surface area (Å²) in [6.45, 7) is 3.13. The third-order valence-corrected chi connectivity index (χ3v) is 2.75. The molecule has 1 atom stereocenters. The smallest absolute Gasteiger partial charge is 0.229 e. The molecule has 0 aromatic carbocycles. The topological polar surface area (TPSA) is 53.9 Å². The van der Waals surface area contributed by atoms with Gasteiger partial charge in [-0.1, -0.05) is 0 Å². The summed E-state index contributed by atoms with van der Waals surface area (Å²) in [5.41, 5.74) is 0. The first-order valence-electron chi connectivity index (χ1n) is 5.02. The lowest BCUT2D eigenvalue weighted by molar-refractivity contribution is 0.572. The monoisotopic (exact) mass is 227 g/mol. The van der Waals surface area contributed by atoms with E-state index in [1.54, 1.807) is 0 Å². The molecule has 2 heterocycles. The van der Waals surface area contributed by atoms with E-state index in [9.17, 15) is 0 Å². The largest absolute Gasteiger partial charge is 0.343 e. The van der Waals surface area contributed by atoms with Crippen LogP contribution in [0.3, 0.4) is 0 Å². The molecular formula is C9H14ClN5. The Balaban J connectivity index is 1.97. The molecule has 1 saturated heterocycles. The summed E-state index contributed by atoms with van der Waals surface area (Å²) in [5.74, 6) is 1.31. The van der Waals surface area contributed by atoms with Gasteiger partial charge in [0, 0.05) is 13.6 Å². The Morgan fingerprint density at radius 1 is 1.60 bits per heavy atom. The molecule has 1 unspecified atom stereocenters. The lowest BCUT2D eigenvalue weighted by Crippen LogP contribution is -2.28. The van der Waals surface area contributed by atoms with Gasteiger partial charge in [-0.2, -0.15) is 4.98 Å². The maximum absolute atomic E-state index is 5.70. The van der Waals surface area contributed by atoms with Crippen LogP contribution in [0.1, 0.15) is 6.42 Å². The SMILES string of the molecule is CN(CC1CCNC1)c1ncnc(Cl)n1. The van der Waals surface area contributed by atoms with Crippen molar-refractivity contribution in [2.24, 2.45) is 5.92 Å². The Hall–Kier alpha value is -0.940. The molecule has 1 aliphatic rings. The molecule has 5 nitrogen and oxygen atoms in total. The van der Waals surface area contributed by atoms with Gasteiger partial charge in [-0.05, 0) is 37.0 Å². The molecule has 1 N–H and O–H groups in total. The number of nitrogens with one attached hydrogen (secondary N) is 1. The van der Waals surface area contributed by atoms with Crippen LogP contribution in [0.5, 0.6) is 0 Å². The van der Waals surface area contributed by atoms with E-state index in [2.05, 4.69) is 20.3 Å². The molecule has 0 amide bonds. The number of nitrogens with zero attached hydrogens (tertiary/aromatic N) is 4. The second-order valence-electron chi connectivity index (χ2n) is 3.79. The van der Waals surface area contributed by atoms with Gasteiger partial charge in [-0.25, -0.2) is 9.97 Å². The van der Waals surface area contributed by atoms with Crippen molar-refractivity contribution >= 4 is 17.5 Å². The maximum Gasteiger partial charge on any atom is 0.229 e. The first-order valence-corrected chi connectivity index (χ1v) is 5.40. The van der Waals surface area contributed by atoms with Crippen LogP contribution in [0.4, 0.5) is 5.95 Å². The average molecular weight is 228 g/mol. The molecule has 15 heavy (non-hydrogen) atoms. The van der Waals surface area contributed by atoms with Crippen LogP contribution in [-0.2, 0) is 0 Å². The highest BCUT2D eigenvalue weighted by Crippen LogP contribution is 2.13. The predicted molar refractivity (Wildman–Crippen MR) is 59.1 cm³/mol. The second-order valence-corrected chi connectivity index (χ2v) is 4.13. The van der Waals surface area contributed by atoms with Crippen LogP contribution >= 0.6 is 11.6 Å². The zero-order chi connectivity index (χ0) is 10.7. The Kier molecular flexibility index (Phi) is 3.33. The van der Waals surface area contributed by atoms with Crippen molar-refractivity contribution in [3.8, 4) is 0 Å². The molecule has 1 aromatic heterocycles. The third-order valence-electron chi connectivity index (χ3n) is 2.57. The Bertz CT molecular complexity index is 326. The van der Waals surface area contributed by atoms with Crippen molar-refractivity contribution in [1.82, 2.24) is 20.3 Å². The average Bonchev–Trinajstić information content (AvgIpc) is 2.70. The van der Waals surface area contributed by atoms with Gasteiger partial charge in [0.1, 0.15) is 6.33 Å². The van der Waals surface area contributed by atoms with E-state index in [1.807, 2.05) is 11.9 Å². The number of halogens is 1. The van der Waals surface area contributed by atoms with E-state index in [1.165, 1.54) is 12.7 Å². The van der Waals surface area contributed by atoms with Gasteiger partial charge < -0.3 is 10.2 Å². The summed E-state index contributed by atoms with van der Waals surface area (Å²) >= 11 is 5.70. The van der Waals surface area contributed by atoms with Crippen LogP contribution < -0.4 is 10.2 Å². The molecule has 1 aromatic rings. The fourth-order valence-corrected chi connectivity index (χ4v) is 1.91. The Labute approximate surface area is 93.9 Å². The fourth-order valence-electron chi connectivity index (χ4n) is 1.79. The maximum atomic E-state index is 5.70. The molecule has 2 rings (SSSR count). The molecule has 6 heteroatoms. The van der Waals surface area contributed by atoms with E-state index in [0.717, 1.165) is 19.6 Å². The van der Waals surface area contributed by atoms with Gasteiger partial charge >= 0.3 is 0 Å². The summed E-state index contributed by atoms with van der Waals surface area (Å²) in [7, 11) is 1.98. The van der Waals surface area contributed by atoms with E-state index in [4.69, 9.17) is 11.6 Å². The number of aromatic nitrogens is 3. The fraction of sp³-hybridized carbons (Fsp3) is 0.667. The van der Waals surface area contributed by atoms with Crippen molar-refractivity contribution in [2.45, 2.75) is 6.42 Å². The van der Waals surface area contributed by atoms with Gasteiger partial charge in [-0.15, -0.1) is 0 Å². The molecule has 82 valence electrons. The standard InChI is InChI=1S/C9H14ClN5/c1-15(5-7-2-3-11-4-7)9-13-6-12-8(10)14-9/h6-7,11H,2-5H2,1H3. The highest BCUT2D eigenvalue weighted by molar-refractivity contribution is 6.28. The van der Waals surface area contributed by atoms with Gasteiger partial charge in [0.05, 0.1) is 0 Å². The number of rotatable bonds is 3.